The van der Waals surface area contributed by atoms with E-state index < -0.39 is 26.2 Å². The number of alkyl halides is 3. The first-order valence-corrected chi connectivity index (χ1v) is 14.2. The molecule has 170 valence electrons. The van der Waals surface area contributed by atoms with Crippen LogP contribution in [-0.4, -0.2) is 20.9 Å². The van der Waals surface area contributed by atoms with Gasteiger partial charge in [-0.25, -0.2) is 0 Å². The van der Waals surface area contributed by atoms with Gasteiger partial charge in [0.2, 0.25) is 0 Å². The Morgan fingerprint density at radius 1 is 1.13 bits per heavy atom. The summed E-state index contributed by atoms with van der Waals surface area (Å²) in [5.41, 5.74) is -0.159. The quantitative estimate of drug-likeness (QED) is 0.385. The van der Waals surface area contributed by atoms with Crippen molar-refractivity contribution in [3.63, 3.8) is 0 Å². The Hall–Kier alpha value is -0.563. The average Bonchev–Trinajstić information content (AvgIpc) is 3.03. The third-order valence-electron chi connectivity index (χ3n) is 7.96. The Balaban J connectivity index is 1.85. The predicted molar refractivity (Wildman–Crippen MR) is 119 cm³/mol. The molecule has 2 saturated carbocycles. The first kappa shape index (κ1) is 24.1. The molecule has 2 aliphatic rings. The van der Waals surface area contributed by atoms with Gasteiger partial charge < -0.3 is 9.74 Å². The van der Waals surface area contributed by atoms with E-state index in [1.54, 1.807) is 6.07 Å². The molecule has 4 atom stereocenters. The Kier molecular flexibility index (Phi) is 7.03. The van der Waals surface area contributed by atoms with Crippen LogP contribution in [0.1, 0.15) is 64.7 Å². The summed E-state index contributed by atoms with van der Waals surface area (Å²) in [6, 6.07) is 7.02. The van der Waals surface area contributed by atoms with E-state index in [1.165, 1.54) is 6.07 Å². The van der Waals surface area contributed by atoms with Crippen molar-refractivity contribution in [1.29, 1.82) is 0 Å². The fraction of sp³-hybridized carbons (Fsp3) is 0.739. The molecule has 2 nitrogen and oxygen atoms in total. The van der Waals surface area contributed by atoms with E-state index in [0.717, 1.165) is 48.9 Å². The maximum absolute atomic E-state index is 13.8. The highest BCUT2D eigenvalue weighted by Gasteiger charge is 2.61. The average molecular weight is 462 g/mol. The lowest BCUT2D eigenvalue weighted by Crippen LogP contribution is -2.42. The van der Waals surface area contributed by atoms with Crippen LogP contribution in [0, 0.1) is 17.3 Å². The van der Waals surface area contributed by atoms with Crippen molar-refractivity contribution in [2.45, 2.75) is 83.9 Å². The summed E-state index contributed by atoms with van der Waals surface area (Å²) in [6.07, 6.45) is -2.96. The summed E-state index contributed by atoms with van der Waals surface area (Å²) < 4.78 is 48.1. The molecule has 30 heavy (non-hydrogen) atoms. The van der Waals surface area contributed by atoms with Crippen molar-refractivity contribution in [2.75, 3.05) is 6.54 Å². The van der Waals surface area contributed by atoms with Crippen molar-refractivity contribution in [3.8, 4) is 0 Å². The number of hydrogen-bond acceptors (Lipinski definition) is 2. The van der Waals surface area contributed by atoms with Crippen LogP contribution >= 0.6 is 11.6 Å². The van der Waals surface area contributed by atoms with Crippen molar-refractivity contribution >= 4 is 19.9 Å². The first-order valence-electron chi connectivity index (χ1n) is 11.3. The number of benzene rings is 1. The lowest BCUT2D eigenvalue weighted by Gasteiger charge is -2.35. The molecule has 1 N–H and O–H groups in total. The van der Waals surface area contributed by atoms with Gasteiger partial charge >= 0.3 is 6.18 Å². The van der Waals surface area contributed by atoms with Gasteiger partial charge in [0, 0.05) is 23.2 Å². The van der Waals surface area contributed by atoms with Crippen LogP contribution in [0.25, 0.3) is 0 Å². The second-order valence-corrected chi connectivity index (χ2v) is 14.8. The summed E-state index contributed by atoms with van der Waals surface area (Å²) in [7, 11) is -2.14. The van der Waals surface area contributed by atoms with Crippen LogP contribution in [-0.2, 0) is 10.6 Å². The van der Waals surface area contributed by atoms with Gasteiger partial charge in [-0.2, -0.15) is 13.2 Å². The van der Waals surface area contributed by atoms with Crippen molar-refractivity contribution in [1.82, 2.24) is 5.32 Å². The lowest BCUT2D eigenvalue weighted by molar-refractivity contribution is -0.139. The lowest BCUT2D eigenvalue weighted by atomic mass is 9.97. The molecule has 0 radical (unpaired) electrons. The van der Waals surface area contributed by atoms with Crippen molar-refractivity contribution < 1.29 is 17.6 Å². The van der Waals surface area contributed by atoms with Gasteiger partial charge in [0.1, 0.15) is 0 Å². The minimum Gasteiger partial charge on any atom is -0.409 e. The summed E-state index contributed by atoms with van der Waals surface area (Å²) in [5, 5.41) is 3.69. The second kappa shape index (κ2) is 8.76. The molecule has 7 heteroatoms. The summed E-state index contributed by atoms with van der Waals surface area (Å²) in [6.45, 7) is 11.3. The summed E-state index contributed by atoms with van der Waals surface area (Å²) >= 11 is 6.36. The Morgan fingerprint density at radius 2 is 1.70 bits per heavy atom. The van der Waals surface area contributed by atoms with Crippen molar-refractivity contribution in [3.05, 3.63) is 34.3 Å². The molecule has 0 aromatic heterocycles. The highest BCUT2D eigenvalue weighted by molar-refractivity contribution is 6.73. The summed E-state index contributed by atoms with van der Waals surface area (Å²) in [5.74, 6) is 1.46. The van der Waals surface area contributed by atoms with Gasteiger partial charge in [-0.05, 0) is 60.4 Å². The third-order valence-corrected chi connectivity index (χ3v) is 12.9. The third kappa shape index (κ3) is 4.62. The molecule has 1 aromatic rings. The van der Waals surface area contributed by atoms with Crippen LogP contribution in [0.2, 0.25) is 23.2 Å². The number of nitrogens with one attached hydrogen (secondary N) is 1. The first-order chi connectivity index (χ1) is 14.0. The molecule has 0 amide bonds. The minimum absolute atomic E-state index is 0.0925. The largest absolute Gasteiger partial charge is 0.416 e. The molecule has 0 saturated heterocycles. The maximum Gasteiger partial charge on any atom is 0.416 e. The molecule has 2 unspecified atom stereocenters. The zero-order chi connectivity index (χ0) is 22.3. The number of fused-ring (bicyclic) bond motifs is 1. The van der Waals surface area contributed by atoms with E-state index in [4.69, 9.17) is 16.0 Å². The molecule has 1 aromatic carbocycles. The topological polar surface area (TPSA) is 21.3 Å². The van der Waals surface area contributed by atoms with Gasteiger partial charge in [0.15, 0.2) is 8.32 Å². The van der Waals surface area contributed by atoms with E-state index in [1.807, 2.05) is 0 Å². The van der Waals surface area contributed by atoms with E-state index in [0.29, 0.717) is 18.0 Å². The van der Waals surface area contributed by atoms with Crippen LogP contribution in [0.3, 0.4) is 0 Å². The van der Waals surface area contributed by atoms with Gasteiger partial charge in [-0.3, -0.25) is 0 Å². The number of hydrogen-bond donors (Lipinski definition) is 1. The maximum atomic E-state index is 13.8. The van der Waals surface area contributed by atoms with Gasteiger partial charge in [0.05, 0.1) is 11.7 Å². The van der Waals surface area contributed by atoms with E-state index in [-0.39, 0.29) is 10.6 Å². The fourth-order valence-corrected chi connectivity index (χ4v) is 8.66. The zero-order valence-corrected chi connectivity index (χ0v) is 20.5. The second-order valence-electron chi connectivity index (χ2n) is 9.66. The predicted octanol–water partition coefficient (Wildman–Crippen LogP) is 7.45. The summed E-state index contributed by atoms with van der Waals surface area (Å²) in [4.78, 5) is 0. The standard InChI is InChI=1S/C23H35ClF3NOSi/c1-6-30(7-2,8-3)29-20(14-28-15-12-17-18(13-15)22(17,4)5)21-16(23(25,26)27)10-9-11-19(21)24/h9-11,15,17-18,20,28H,6-8,12-14H2,1-5H3/t15?,17-,18+,20?. The van der Waals surface area contributed by atoms with E-state index in [2.05, 4.69) is 39.9 Å². The molecule has 2 fully saturated rings. The normalized spacial score (nSPS) is 26.5. The van der Waals surface area contributed by atoms with Gasteiger partial charge in [-0.15, -0.1) is 0 Å². The monoisotopic (exact) mass is 461 g/mol. The highest BCUT2D eigenvalue weighted by Crippen LogP contribution is 2.66. The van der Waals surface area contributed by atoms with Gasteiger partial charge in [-0.1, -0.05) is 52.3 Å². The van der Waals surface area contributed by atoms with E-state index >= 15 is 0 Å². The Labute approximate surface area is 185 Å². The van der Waals surface area contributed by atoms with Crippen LogP contribution < -0.4 is 5.32 Å². The SMILES string of the molecule is CC[Si](CC)(CC)OC(CNC1C[C@@H]2[C@H](C1)C2(C)C)c1c(Cl)cccc1C(F)(F)F. The smallest absolute Gasteiger partial charge is 0.409 e. The molecule has 0 heterocycles. The molecule has 0 bridgehead atoms. The molecule has 0 aliphatic heterocycles. The Bertz CT molecular complexity index is 728. The van der Waals surface area contributed by atoms with Gasteiger partial charge in [0.25, 0.3) is 0 Å². The number of halogens is 4. The highest BCUT2D eigenvalue weighted by atomic mass is 35.5. The van der Waals surface area contributed by atoms with E-state index in [9.17, 15) is 13.2 Å². The molecular weight excluding hydrogens is 427 g/mol. The van der Waals surface area contributed by atoms with Crippen LogP contribution in [0.4, 0.5) is 13.2 Å². The van der Waals surface area contributed by atoms with Crippen LogP contribution in [0.15, 0.2) is 18.2 Å². The zero-order valence-electron chi connectivity index (χ0n) is 18.7. The number of rotatable bonds is 9. The molecule has 2 aliphatic carbocycles. The fourth-order valence-electron chi connectivity index (χ4n) is 5.56. The Morgan fingerprint density at radius 3 is 2.20 bits per heavy atom. The van der Waals surface area contributed by atoms with Crippen LogP contribution in [0.5, 0.6) is 0 Å². The molecule has 3 rings (SSSR count). The minimum atomic E-state index is -4.46. The molecular formula is C23H35ClF3NOSi. The molecule has 0 spiro atoms. The van der Waals surface area contributed by atoms with Crippen molar-refractivity contribution in [2.24, 2.45) is 17.3 Å².